The highest BCUT2D eigenvalue weighted by Crippen LogP contribution is 2.58. The van der Waals surface area contributed by atoms with E-state index in [1.165, 1.54) is 6.42 Å². The van der Waals surface area contributed by atoms with Gasteiger partial charge >= 0.3 is 0 Å². The van der Waals surface area contributed by atoms with Gasteiger partial charge in [-0.1, -0.05) is 25.0 Å². The lowest BCUT2D eigenvalue weighted by Crippen LogP contribution is -2.56. The van der Waals surface area contributed by atoms with Crippen molar-refractivity contribution in [1.29, 1.82) is 0 Å². The van der Waals surface area contributed by atoms with Crippen LogP contribution < -0.4 is 0 Å². The normalized spacial score (nSPS) is 42.9. The molecule has 18 heavy (non-hydrogen) atoms. The van der Waals surface area contributed by atoms with Crippen molar-refractivity contribution in [2.45, 2.75) is 44.1 Å². The maximum atomic E-state index is 11.8. The Morgan fingerprint density at radius 1 is 1.44 bits per heavy atom. The van der Waals surface area contributed by atoms with Crippen LogP contribution in [0.1, 0.15) is 38.5 Å². The minimum Gasteiger partial charge on any atom is -0.500 e. The summed E-state index contributed by atoms with van der Waals surface area (Å²) in [6.45, 7) is 0. The summed E-state index contributed by atoms with van der Waals surface area (Å²) >= 11 is 0. The van der Waals surface area contributed by atoms with Gasteiger partial charge in [-0.3, -0.25) is 4.79 Å². The Labute approximate surface area is 108 Å². The largest absolute Gasteiger partial charge is 0.500 e. The fourth-order valence-corrected chi connectivity index (χ4v) is 4.14. The molecule has 98 valence electrons. The number of methoxy groups -OCH3 is 1. The average molecular weight is 248 g/mol. The summed E-state index contributed by atoms with van der Waals surface area (Å²) in [6, 6.07) is 0. The molecule has 0 aromatic heterocycles. The highest BCUT2D eigenvalue weighted by atomic mass is 16.5. The average Bonchev–Trinajstić information content (AvgIpc) is 2.68. The summed E-state index contributed by atoms with van der Waals surface area (Å²) in [4.78, 5) is 11.8. The Bertz CT molecular complexity index is 437. The van der Waals surface area contributed by atoms with E-state index in [9.17, 15) is 9.90 Å². The molecule has 0 radical (unpaired) electrons. The van der Waals surface area contributed by atoms with Gasteiger partial charge in [-0.25, -0.2) is 0 Å². The molecule has 3 aliphatic rings. The van der Waals surface area contributed by atoms with E-state index in [2.05, 4.69) is 6.08 Å². The highest BCUT2D eigenvalue weighted by molar-refractivity contribution is 5.94. The Balaban J connectivity index is 2.09. The van der Waals surface area contributed by atoms with Crippen molar-refractivity contribution >= 4 is 5.78 Å². The second-order valence-electron chi connectivity index (χ2n) is 5.83. The van der Waals surface area contributed by atoms with Crippen LogP contribution in [0.2, 0.25) is 0 Å². The van der Waals surface area contributed by atoms with Crippen molar-refractivity contribution in [2.75, 3.05) is 7.11 Å². The van der Waals surface area contributed by atoms with Crippen molar-refractivity contribution in [3.63, 3.8) is 0 Å². The number of hydrogen-bond acceptors (Lipinski definition) is 3. The van der Waals surface area contributed by atoms with Gasteiger partial charge in [-0.2, -0.15) is 0 Å². The molecule has 0 amide bonds. The van der Waals surface area contributed by atoms with Gasteiger partial charge in [0.2, 0.25) is 0 Å². The van der Waals surface area contributed by atoms with Gasteiger partial charge < -0.3 is 9.84 Å². The zero-order valence-electron chi connectivity index (χ0n) is 10.8. The van der Waals surface area contributed by atoms with E-state index in [4.69, 9.17) is 4.74 Å². The summed E-state index contributed by atoms with van der Waals surface area (Å²) in [7, 11) is 1.59. The number of hydrogen-bond donors (Lipinski definition) is 1. The number of rotatable bonds is 1. The van der Waals surface area contributed by atoms with Crippen LogP contribution in [-0.2, 0) is 9.53 Å². The first-order chi connectivity index (χ1) is 8.62. The van der Waals surface area contributed by atoms with Crippen LogP contribution in [0.25, 0.3) is 0 Å². The first kappa shape index (κ1) is 12.0. The Kier molecular flexibility index (Phi) is 2.63. The predicted molar refractivity (Wildman–Crippen MR) is 67.8 cm³/mol. The molecule has 1 spiro atoms. The van der Waals surface area contributed by atoms with Gasteiger partial charge in [0, 0.05) is 12.5 Å². The van der Waals surface area contributed by atoms with Crippen molar-refractivity contribution in [3.8, 4) is 0 Å². The van der Waals surface area contributed by atoms with Gasteiger partial charge in [0.05, 0.1) is 18.1 Å². The molecule has 0 bridgehead atoms. The highest BCUT2D eigenvalue weighted by Gasteiger charge is 2.60. The third-order valence-corrected chi connectivity index (χ3v) is 5.04. The molecule has 3 atom stereocenters. The van der Waals surface area contributed by atoms with E-state index in [-0.39, 0.29) is 11.7 Å². The summed E-state index contributed by atoms with van der Waals surface area (Å²) in [5, 5.41) is 11.2. The monoisotopic (exact) mass is 248 g/mol. The molecular weight excluding hydrogens is 228 g/mol. The fraction of sp³-hybridized carbons (Fsp3) is 0.667. The van der Waals surface area contributed by atoms with Crippen LogP contribution >= 0.6 is 0 Å². The second-order valence-corrected chi connectivity index (χ2v) is 5.83. The molecule has 3 rings (SSSR count). The lowest BCUT2D eigenvalue weighted by atomic mass is 9.56. The third kappa shape index (κ3) is 1.37. The van der Waals surface area contributed by atoms with Crippen LogP contribution in [-0.4, -0.2) is 23.6 Å². The lowest BCUT2D eigenvalue weighted by Gasteiger charge is -2.52. The standard InChI is InChI=1S/C15H20O3/c1-18-13-9-12(16)10-14(13)7-4-6-11-5-2-3-8-15(11,14)17/h4,7,9,11,17H,2-3,5-6,8,10H2,1H3/t11-,14-,15-/m1/s1. The van der Waals surface area contributed by atoms with Gasteiger partial charge in [0.15, 0.2) is 5.78 Å². The summed E-state index contributed by atoms with van der Waals surface area (Å²) in [6.07, 6.45) is 11.0. The maximum absolute atomic E-state index is 11.8. The molecule has 0 heterocycles. The zero-order valence-corrected chi connectivity index (χ0v) is 10.8. The number of aliphatic hydroxyl groups is 1. The van der Waals surface area contributed by atoms with E-state index in [1.807, 2.05) is 6.08 Å². The number of ether oxygens (including phenoxy) is 1. The smallest absolute Gasteiger partial charge is 0.160 e. The molecular formula is C15H20O3. The van der Waals surface area contributed by atoms with Crippen LogP contribution in [0.3, 0.4) is 0 Å². The molecule has 1 N–H and O–H groups in total. The van der Waals surface area contributed by atoms with Crippen molar-refractivity contribution in [2.24, 2.45) is 11.3 Å². The number of fused-ring (bicyclic) bond motifs is 2. The summed E-state index contributed by atoms with van der Waals surface area (Å²) in [5.41, 5.74) is -1.39. The number of carbonyl (C=O) groups is 1. The van der Waals surface area contributed by atoms with Gasteiger partial charge in [0.1, 0.15) is 5.76 Å². The van der Waals surface area contributed by atoms with E-state index in [1.54, 1.807) is 13.2 Å². The molecule has 0 aromatic rings. The van der Waals surface area contributed by atoms with Crippen LogP contribution in [0.5, 0.6) is 0 Å². The predicted octanol–water partition coefficient (Wildman–Crippen LogP) is 2.36. The van der Waals surface area contributed by atoms with Gasteiger partial charge in [-0.15, -0.1) is 0 Å². The molecule has 1 saturated carbocycles. The van der Waals surface area contributed by atoms with Gasteiger partial charge in [0.25, 0.3) is 0 Å². The molecule has 3 nitrogen and oxygen atoms in total. The molecule has 3 heteroatoms. The number of carbonyl (C=O) groups excluding carboxylic acids is 1. The lowest BCUT2D eigenvalue weighted by molar-refractivity contribution is -0.138. The van der Waals surface area contributed by atoms with Crippen molar-refractivity contribution < 1.29 is 14.6 Å². The minimum atomic E-state index is -0.798. The quantitative estimate of drug-likeness (QED) is 0.725. The molecule has 1 fully saturated rings. The molecule has 0 aliphatic heterocycles. The minimum absolute atomic E-state index is 0.0659. The maximum Gasteiger partial charge on any atom is 0.160 e. The van der Waals surface area contributed by atoms with E-state index >= 15 is 0 Å². The molecule has 0 unspecified atom stereocenters. The van der Waals surface area contributed by atoms with Gasteiger partial charge in [-0.05, 0) is 25.2 Å². The van der Waals surface area contributed by atoms with Crippen LogP contribution in [0.4, 0.5) is 0 Å². The number of ketones is 1. The Hall–Kier alpha value is -1.09. The Morgan fingerprint density at radius 2 is 2.28 bits per heavy atom. The number of allylic oxidation sites excluding steroid dienone is 2. The van der Waals surface area contributed by atoms with E-state index in [0.717, 1.165) is 25.7 Å². The Morgan fingerprint density at radius 3 is 3.06 bits per heavy atom. The SMILES string of the molecule is COC1=CC(=O)C[C@]12C=CC[C@H]1CCCC[C@@]12O. The van der Waals surface area contributed by atoms with Crippen molar-refractivity contribution in [3.05, 3.63) is 24.0 Å². The first-order valence-corrected chi connectivity index (χ1v) is 6.81. The zero-order chi connectivity index (χ0) is 12.8. The second kappa shape index (κ2) is 3.95. The van der Waals surface area contributed by atoms with Crippen LogP contribution in [0.15, 0.2) is 24.0 Å². The van der Waals surface area contributed by atoms with E-state index in [0.29, 0.717) is 12.2 Å². The summed E-state index contributed by atoms with van der Waals surface area (Å²) in [5.74, 6) is 0.981. The fourth-order valence-electron chi connectivity index (χ4n) is 4.14. The topological polar surface area (TPSA) is 46.5 Å². The summed E-state index contributed by atoms with van der Waals surface area (Å²) < 4.78 is 5.42. The molecule has 0 aromatic carbocycles. The molecule has 0 saturated heterocycles. The third-order valence-electron chi connectivity index (χ3n) is 5.04. The first-order valence-electron chi connectivity index (χ1n) is 6.81. The van der Waals surface area contributed by atoms with Crippen molar-refractivity contribution in [1.82, 2.24) is 0 Å². The van der Waals surface area contributed by atoms with Crippen LogP contribution in [0, 0.1) is 11.3 Å². The van der Waals surface area contributed by atoms with E-state index < -0.39 is 11.0 Å². The molecule has 3 aliphatic carbocycles.